The topological polar surface area (TPSA) is 73.6 Å². The fourth-order valence-electron chi connectivity index (χ4n) is 1.80. The maximum Gasteiger partial charge on any atom is 0.273 e. The molecule has 0 aliphatic carbocycles. The minimum absolute atomic E-state index is 0.169. The summed E-state index contributed by atoms with van der Waals surface area (Å²) in [5, 5.41) is 7.07. The second-order valence-electron chi connectivity index (χ2n) is 4.56. The van der Waals surface area contributed by atoms with Crippen molar-refractivity contribution in [2.45, 2.75) is 13.5 Å². The average Bonchev–Trinajstić information content (AvgIpc) is 2.86. The number of hydrogen-bond acceptors (Lipinski definition) is 5. The molecule has 2 aromatic rings. The third kappa shape index (κ3) is 4.22. The second kappa shape index (κ2) is 7.82. The second-order valence-corrected chi connectivity index (χ2v) is 5.00. The first-order valence-electron chi connectivity index (χ1n) is 6.72. The molecule has 0 aliphatic rings. The molecule has 7 heteroatoms. The maximum atomic E-state index is 12.1. The summed E-state index contributed by atoms with van der Waals surface area (Å²) in [5.41, 5.74) is 0.825. The molecular formula is C15H17ClN2O4. The highest BCUT2D eigenvalue weighted by atomic mass is 35.5. The maximum absolute atomic E-state index is 12.1. The van der Waals surface area contributed by atoms with Gasteiger partial charge in [-0.05, 0) is 25.1 Å². The first kappa shape index (κ1) is 16.3. The predicted octanol–water partition coefficient (Wildman–Crippen LogP) is 2.59. The molecule has 1 N–H and O–H groups in total. The Morgan fingerprint density at radius 1 is 1.45 bits per heavy atom. The SMILES string of the molecule is COCCNC(=O)c1noc(C)c1COc1cccc(Cl)c1. The third-order valence-corrected chi connectivity index (χ3v) is 3.21. The Bertz CT molecular complexity index is 642. The van der Waals surface area contributed by atoms with Crippen LogP contribution in [0.25, 0.3) is 0 Å². The summed E-state index contributed by atoms with van der Waals surface area (Å²) in [6.07, 6.45) is 0. The van der Waals surface area contributed by atoms with E-state index in [0.717, 1.165) is 0 Å². The number of benzene rings is 1. The number of halogens is 1. The number of carbonyl (C=O) groups is 1. The van der Waals surface area contributed by atoms with E-state index in [1.807, 2.05) is 0 Å². The summed E-state index contributed by atoms with van der Waals surface area (Å²) in [4.78, 5) is 12.1. The van der Waals surface area contributed by atoms with Crippen molar-refractivity contribution in [3.05, 3.63) is 46.3 Å². The van der Waals surface area contributed by atoms with E-state index in [4.69, 9.17) is 25.6 Å². The molecule has 22 heavy (non-hydrogen) atoms. The largest absolute Gasteiger partial charge is 0.489 e. The molecule has 1 aromatic carbocycles. The highest BCUT2D eigenvalue weighted by Gasteiger charge is 2.20. The number of carbonyl (C=O) groups excluding carboxylic acids is 1. The van der Waals surface area contributed by atoms with Crippen LogP contribution in [-0.2, 0) is 11.3 Å². The van der Waals surface area contributed by atoms with E-state index in [-0.39, 0.29) is 18.2 Å². The van der Waals surface area contributed by atoms with Crippen molar-refractivity contribution in [2.24, 2.45) is 0 Å². The van der Waals surface area contributed by atoms with Crippen LogP contribution in [-0.4, -0.2) is 31.3 Å². The Hall–Kier alpha value is -2.05. The molecule has 0 bridgehead atoms. The van der Waals surface area contributed by atoms with Crippen LogP contribution in [0.5, 0.6) is 5.75 Å². The van der Waals surface area contributed by atoms with Crippen molar-refractivity contribution >= 4 is 17.5 Å². The number of nitrogens with zero attached hydrogens (tertiary/aromatic N) is 1. The van der Waals surface area contributed by atoms with Crippen LogP contribution in [0.4, 0.5) is 0 Å². The van der Waals surface area contributed by atoms with E-state index in [1.54, 1.807) is 38.3 Å². The van der Waals surface area contributed by atoms with Crippen molar-refractivity contribution in [2.75, 3.05) is 20.3 Å². The number of amides is 1. The minimum atomic E-state index is -0.321. The van der Waals surface area contributed by atoms with E-state index in [1.165, 1.54) is 0 Å². The first-order valence-corrected chi connectivity index (χ1v) is 7.10. The average molecular weight is 325 g/mol. The molecule has 0 saturated carbocycles. The van der Waals surface area contributed by atoms with Crippen LogP contribution in [0.2, 0.25) is 5.02 Å². The van der Waals surface area contributed by atoms with Gasteiger partial charge in [-0.25, -0.2) is 0 Å². The van der Waals surface area contributed by atoms with E-state index in [0.29, 0.717) is 35.2 Å². The van der Waals surface area contributed by atoms with Gasteiger partial charge in [0.1, 0.15) is 18.1 Å². The molecule has 0 unspecified atom stereocenters. The van der Waals surface area contributed by atoms with Crippen molar-refractivity contribution in [3.8, 4) is 5.75 Å². The summed E-state index contributed by atoms with van der Waals surface area (Å²) < 4.78 is 15.6. The van der Waals surface area contributed by atoms with Crippen LogP contribution >= 0.6 is 11.6 Å². The summed E-state index contributed by atoms with van der Waals surface area (Å²) >= 11 is 5.90. The number of ether oxygens (including phenoxy) is 2. The van der Waals surface area contributed by atoms with Gasteiger partial charge in [0.2, 0.25) is 0 Å². The molecule has 0 spiro atoms. The minimum Gasteiger partial charge on any atom is -0.489 e. The fourth-order valence-corrected chi connectivity index (χ4v) is 1.98. The van der Waals surface area contributed by atoms with Crippen molar-refractivity contribution in [3.63, 3.8) is 0 Å². The van der Waals surface area contributed by atoms with E-state index in [2.05, 4.69) is 10.5 Å². The monoisotopic (exact) mass is 324 g/mol. The van der Waals surface area contributed by atoms with Gasteiger partial charge >= 0.3 is 0 Å². The molecule has 1 heterocycles. The van der Waals surface area contributed by atoms with Crippen LogP contribution in [0.15, 0.2) is 28.8 Å². The lowest BCUT2D eigenvalue weighted by atomic mass is 10.2. The van der Waals surface area contributed by atoms with Crippen LogP contribution in [0, 0.1) is 6.92 Å². The highest BCUT2D eigenvalue weighted by Crippen LogP contribution is 2.20. The smallest absolute Gasteiger partial charge is 0.273 e. The Kier molecular flexibility index (Phi) is 5.80. The van der Waals surface area contributed by atoms with Crippen molar-refractivity contribution in [1.29, 1.82) is 0 Å². The van der Waals surface area contributed by atoms with Gasteiger partial charge in [-0.1, -0.05) is 22.8 Å². The molecule has 0 radical (unpaired) electrons. The Morgan fingerprint density at radius 2 is 2.27 bits per heavy atom. The summed E-state index contributed by atoms with van der Waals surface area (Å²) in [6, 6.07) is 7.03. The number of aromatic nitrogens is 1. The summed E-state index contributed by atoms with van der Waals surface area (Å²) in [6.45, 7) is 2.73. The quantitative estimate of drug-likeness (QED) is 0.792. The summed E-state index contributed by atoms with van der Waals surface area (Å²) in [7, 11) is 1.57. The molecule has 118 valence electrons. The predicted molar refractivity (Wildman–Crippen MR) is 81.2 cm³/mol. The molecule has 1 aromatic heterocycles. The van der Waals surface area contributed by atoms with E-state index >= 15 is 0 Å². The lowest BCUT2D eigenvalue weighted by molar-refractivity contribution is 0.0926. The zero-order valence-corrected chi connectivity index (χ0v) is 13.1. The molecule has 0 saturated heterocycles. The van der Waals surface area contributed by atoms with Crippen LogP contribution in [0.1, 0.15) is 21.8 Å². The number of methoxy groups -OCH3 is 1. The van der Waals surface area contributed by atoms with E-state index in [9.17, 15) is 4.79 Å². The van der Waals surface area contributed by atoms with Gasteiger partial charge in [0.15, 0.2) is 5.69 Å². The zero-order chi connectivity index (χ0) is 15.9. The Morgan fingerprint density at radius 3 is 3.00 bits per heavy atom. The molecule has 2 rings (SSSR count). The van der Waals surface area contributed by atoms with Gasteiger partial charge in [0.25, 0.3) is 5.91 Å². The van der Waals surface area contributed by atoms with Gasteiger partial charge in [-0.3, -0.25) is 4.79 Å². The number of nitrogens with one attached hydrogen (secondary N) is 1. The van der Waals surface area contributed by atoms with Crippen LogP contribution < -0.4 is 10.1 Å². The van der Waals surface area contributed by atoms with Gasteiger partial charge in [0, 0.05) is 18.7 Å². The van der Waals surface area contributed by atoms with Gasteiger partial charge < -0.3 is 19.3 Å². The molecule has 6 nitrogen and oxygen atoms in total. The number of hydrogen-bond donors (Lipinski definition) is 1. The van der Waals surface area contributed by atoms with E-state index < -0.39 is 0 Å². The van der Waals surface area contributed by atoms with Crippen LogP contribution in [0.3, 0.4) is 0 Å². The van der Waals surface area contributed by atoms with Gasteiger partial charge in [0.05, 0.1) is 12.2 Å². The Balaban J connectivity index is 2.04. The number of rotatable bonds is 7. The lowest BCUT2D eigenvalue weighted by Gasteiger charge is -2.07. The lowest BCUT2D eigenvalue weighted by Crippen LogP contribution is -2.28. The summed E-state index contributed by atoms with van der Waals surface area (Å²) in [5.74, 6) is 0.830. The molecule has 0 fully saturated rings. The normalized spacial score (nSPS) is 10.5. The Labute approximate surface area is 133 Å². The first-order chi connectivity index (χ1) is 10.6. The van der Waals surface area contributed by atoms with Gasteiger partial charge in [-0.2, -0.15) is 0 Å². The third-order valence-electron chi connectivity index (χ3n) is 2.97. The highest BCUT2D eigenvalue weighted by molar-refractivity contribution is 6.30. The molecule has 0 atom stereocenters. The molecule has 1 amide bonds. The van der Waals surface area contributed by atoms with Crippen molar-refractivity contribution in [1.82, 2.24) is 10.5 Å². The number of aryl methyl sites for hydroxylation is 1. The van der Waals surface area contributed by atoms with Crippen molar-refractivity contribution < 1.29 is 18.8 Å². The molecular weight excluding hydrogens is 308 g/mol. The van der Waals surface area contributed by atoms with Gasteiger partial charge in [-0.15, -0.1) is 0 Å². The standard InChI is InChI=1S/C15H17ClN2O4/c1-10-13(9-21-12-5-3-4-11(16)8-12)14(18-22-10)15(19)17-6-7-20-2/h3-5,8H,6-7,9H2,1-2H3,(H,17,19). The fraction of sp³-hybridized carbons (Fsp3) is 0.333. The zero-order valence-electron chi connectivity index (χ0n) is 12.4. The molecule has 0 aliphatic heterocycles.